The highest BCUT2D eigenvalue weighted by atomic mass is 19.4. The third-order valence-corrected chi connectivity index (χ3v) is 4.72. The van der Waals surface area contributed by atoms with Crippen molar-refractivity contribution in [1.29, 1.82) is 5.26 Å². The van der Waals surface area contributed by atoms with Crippen LogP contribution in [0.4, 0.5) is 18.9 Å². The first-order valence-electron chi connectivity index (χ1n) is 8.62. The summed E-state index contributed by atoms with van der Waals surface area (Å²) in [6, 6.07) is 4.95. The second kappa shape index (κ2) is 8.06. The van der Waals surface area contributed by atoms with Gasteiger partial charge in [-0.3, -0.25) is 9.97 Å². The molecule has 9 heteroatoms. The maximum atomic E-state index is 13.5. The lowest BCUT2D eigenvalue weighted by molar-refractivity contribution is -0.177. The van der Waals surface area contributed by atoms with E-state index in [0.29, 0.717) is 42.0 Å². The van der Waals surface area contributed by atoms with Crippen LogP contribution in [0.25, 0.3) is 11.0 Å². The molecule has 2 heterocycles. The SMILES string of the molecule is COCCN[C@@H]1C[C@H](C(F)(F)F)CN(c2ccc(C#N)c3nccnc23)C1. The molecule has 0 unspecified atom stereocenters. The van der Waals surface area contributed by atoms with E-state index in [2.05, 4.69) is 15.3 Å². The predicted molar refractivity (Wildman–Crippen MR) is 94.3 cm³/mol. The van der Waals surface area contributed by atoms with Gasteiger partial charge in [0.05, 0.1) is 23.8 Å². The second-order valence-corrected chi connectivity index (χ2v) is 6.52. The number of anilines is 1. The Balaban J connectivity index is 1.94. The summed E-state index contributed by atoms with van der Waals surface area (Å²) in [5.41, 5.74) is 1.75. The Labute approximate surface area is 155 Å². The predicted octanol–water partition coefficient (Wildman–Crippen LogP) is 2.49. The van der Waals surface area contributed by atoms with Crippen LogP contribution in [0, 0.1) is 17.2 Å². The summed E-state index contributed by atoms with van der Waals surface area (Å²) < 4.78 is 45.4. The lowest BCUT2D eigenvalue weighted by Gasteiger charge is -2.40. The minimum Gasteiger partial charge on any atom is -0.383 e. The van der Waals surface area contributed by atoms with E-state index < -0.39 is 12.1 Å². The zero-order valence-corrected chi connectivity index (χ0v) is 14.8. The van der Waals surface area contributed by atoms with Crippen molar-refractivity contribution in [1.82, 2.24) is 15.3 Å². The second-order valence-electron chi connectivity index (χ2n) is 6.52. The van der Waals surface area contributed by atoms with E-state index in [-0.39, 0.29) is 19.0 Å². The van der Waals surface area contributed by atoms with Crippen molar-refractivity contribution in [2.75, 3.05) is 38.3 Å². The van der Waals surface area contributed by atoms with Gasteiger partial charge in [-0.15, -0.1) is 0 Å². The summed E-state index contributed by atoms with van der Waals surface area (Å²) in [5.74, 6) is -1.45. The fourth-order valence-corrected chi connectivity index (χ4v) is 3.43. The van der Waals surface area contributed by atoms with E-state index >= 15 is 0 Å². The van der Waals surface area contributed by atoms with Crippen LogP contribution in [-0.4, -0.2) is 55.5 Å². The molecule has 2 aromatic rings. The number of hydrogen-bond donors (Lipinski definition) is 1. The van der Waals surface area contributed by atoms with Crippen LogP contribution in [0.15, 0.2) is 24.5 Å². The molecular weight excluding hydrogens is 359 g/mol. The molecule has 0 saturated carbocycles. The van der Waals surface area contributed by atoms with E-state index in [1.807, 2.05) is 6.07 Å². The first-order valence-corrected chi connectivity index (χ1v) is 8.62. The van der Waals surface area contributed by atoms with Crippen LogP contribution in [0.1, 0.15) is 12.0 Å². The zero-order valence-electron chi connectivity index (χ0n) is 14.8. The van der Waals surface area contributed by atoms with Crippen LogP contribution in [-0.2, 0) is 4.74 Å². The average molecular weight is 379 g/mol. The number of nitriles is 1. The van der Waals surface area contributed by atoms with Gasteiger partial charge in [-0.2, -0.15) is 18.4 Å². The van der Waals surface area contributed by atoms with Gasteiger partial charge in [0, 0.05) is 45.2 Å². The Hall–Kier alpha value is -2.44. The number of rotatable bonds is 5. The van der Waals surface area contributed by atoms with Gasteiger partial charge in [0.25, 0.3) is 0 Å². The third-order valence-electron chi connectivity index (χ3n) is 4.72. The molecule has 1 N–H and O–H groups in total. The number of nitrogens with one attached hydrogen (secondary N) is 1. The molecule has 27 heavy (non-hydrogen) atoms. The number of fused-ring (bicyclic) bond motifs is 1. The number of alkyl halides is 3. The molecule has 0 amide bonds. The minimum atomic E-state index is -4.28. The summed E-state index contributed by atoms with van der Waals surface area (Å²) in [6.07, 6.45) is -1.32. The Morgan fingerprint density at radius 3 is 2.67 bits per heavy atom. The summed E-state index contributed by atoms with van der Waals surface area (Å²) in [7, 11) is 1.55. The highest BCUT2D eigenvalue weighted by molar-refractivity contribution is 5.92. The first kappa shape index (κ1) is 19.3. The molecule has 1 aliphatic rings. The summed E-state index contributed by atoms with van der Waals surface area (Å²) in [6.45, 7) is 1.17. The molecule has 3 rings (SSSR count). The van der Waals surface area contributed by atoms with Crippen LogP contribution in [0.2, 0.25) is 0 Å². The average Bonchev–Trinajstić information content (AvgIpc) is 2.66. The lowest BCUT2D eigenvalue weighted by Crippen LogP contribution is -2.53. The van der Waals surface area contributed by atoms with E-state index in [1.54, 1.807) is 24.1 Å². The third kappa shape index (κ3) is 4.28. The Morgan fingerprint density at radius 1 is 1.26 bits per heavy atom. The molecule has 1 aliphatic heterocycles. The molecule has 0 bridgehead atoms. The Kier molecular flexibility index (Phi) is 5.77. The lowest BCUT2D eigenvalue weighted by atomic mass is 9.92. The van der Waals surface area contributed by atoms with E-state index in [0.717, 1.165) is 0 Å². The maximum Gasteiger partial charge on any atom is 0.393 e. The summed E-state index contributed by atoms with van der Waals surface area (Å²) in [5, 5.41) is 12.4. The number of nitrogens with zero attached hydrogens (tertiary/aromatic N) is 4. The van der Waals surface area contributed by atoms with Gasteiger partial charge in [0.15, 0.2) is 0 Å². The van der Waals surface area contributed by atoms with Crippen molar-refractivity contribution >= 4 is 16.7 Å². The standard InChI is InChI=1S/C18H20F3N5O/c1-27-7-6-23-14-8-13(18(19,20)21)10-26(11-14)15-3-2-12(9-22)16-17(15)25-5-4-24-16/h2-5,13-14,23H,6-8,10-11H2,1H3/t13-,14+/m0/s1. The topological polar surface area (TPSA) is 74.1 Å². The molecular formula is C18H20F3N5O. The quantitative estimate of drug-likeness (QED) is 0.805. The highest BCUT2D eigenvalue weighted by Gasteiger charge is 2.44. The fourth-order valence-electron chi connectivity index (χ4n) is 3.43. The van der Waals surface area contributed by atoms with E-state index in [9.17, 15) is 18.4 Å². The van der Waals surface area contributed by atoms with Gasteiger partial charge < -0.3 is 15.0 Å². The molecule has 1 aromatic heterocycles. The van der Waals surface area contributed by atoms with Crippen LogP contribution < -0.4 is 10.2 Å². The molecule has 0 radical (unpaired) electrons. The van der Waals surface area contributed by atoms with E-state index in [1.165, 1.54) is 12.4 Å². The number of ether oxygens (including phenoxy) is 1. The van der Waals surface area contributed by atoms with Gasteiger partial charge in [0.1, 0.15) is 17.1 Å². The van der Waals surface area contributed by atoms with E-state index in [4.69, 9.17) is 4.74 Å². The maximum absolute atomic E-state index is 13.5. The molecule has 2 atom stereocenters. The van der Waals surface area contributed by atoms with Gasteiger partial charge >= 0.3 is 6.18 Å². The van der Waals surface area contributed by atoms with Crippen LogP contribution in [0.3, 0.4) is 0 Å². The van der Waals surface area contributed by atoms with Crippen LogP contribution >= 0.6 is 0 Å². The zero-order chi connectivity index (χ0) is 19.4. The molecule has 0 aliphatic carbocycles. The number of piperidine rings is 1. The molecule has 1 saturated heterocycles. The van der Waals surface area contributed by atoms with Gasteiger partial charge in [-0.25, -0.2) is 0 Å². The van der Waals surface area contributed by atoms with Crippen molar-refractivity contribution in [2.45, 2.75) is 18.6 Å². The van der Waals surface area contributed by atoms with Crippen molar-refractivity contribution in [3.05, 3.63) is 30.1 Å². The molecule has 6 nitrogen and oxygen atoms in total. The van der Waals surface area contributed by atoms with Crippen molar-refractivity contribution in [3.63, 3.8) is 0 Å². The van der Waals surface area contributed by atoms with Gasteiger partial charge in [-0.1, -0.05) is 0 Å². The highest BCUT2D eigenvalue weighted by Crippen LogP contribution is 2.36. The first-order chi connectivity index (χ1) is 12.9. The van der Waals surface area contributed by atoms with Crippen LogP contribution in [0.5, 0.6) is 0 Å². The molecule has 1 fully saturated rings. The number of benzene rings is 1. The molecule has 144 valence electrons. The number of aromatic nitrogens is 2. The largest absolute Gasteiger partial charge is 0.393 e. The molecule has 1 aromatic carbocycles. The summed E-state index contributed by atoms with van der Waals surface area (Å²) >= 11 is 0. The Morgan fingerprint density at radius 2 is 2.00 bits per heavy atom. The van der Waals surface area contributed by atoms with Gasteiger partial charge in [-0.05, 0) is 18.6 Å². The fraction of sp³-hybridized carbons (Fsp3) is 0.500. The minimum absolute atomic E-state index is 0.0175. The summed E-state index contributed by atoms with van der Waals surface area (Å²) in [4.78, 5) is 10.1. The van der Waals surface area contributed by atoms with Crippen molar-refractivity contribution < 1.29 is 17.9 Å². The van der Waals surface area contributed by atoms with Gasteiger partial charge in [0.2, 0.25) is 0 Å². The smallest absolute Gasteiger partial charge is 0.383 e. The Bertz CT molecular complexity index is 836. The normalized spacial score (nSPS) is 20.6. The number of hydrogen-bond acceptors (Lipinski definition) is 6. The monoisotopic (exact) mass is 379 g/mol. The number of halogens is 3. The number of methoxy groups -OCH3 is 1. The van der Waals surface area contributed by atoms with Crippen molar-refractivity contribution in [2.24, 2.45) is 5.92 Å². The molecule has 0 spiro atoms. The van der Waals surface area contributed by atoms with Crippen molar-refractivity contribution in [3.8, 4) is 6.07 Å².